The third-order valence-corrected chi connectivity index (χ3v) is 6.10. The van der Waals surface area contributed by atoms with Crippen molar-refractivity contribution in [3.05, 3.63) is 54.8 Å². The van der Waals surface area contributed by atoms with Crippen LogP contribution in [0, 0.1) is 12.7 Å². The van der Waals surface area contributed by atoms with E-state index < -0.39 is 18.3 Å². The minimum absolute atomic E-state index is 0.233. The van der Waals surface area contributed by atoms with Gasteiger partial charge in [-0.1, -0.05) is 0 Å². The lowest BCUT2D eigenvalue weighted by Crippen LogP contribution is -2.49. The van der Waals surface area contributed by atoms with Crippen molar-refractivity contribution < 1.29 is 27.1 Å². The van der Waals surface area contributed by atoms with Gasteiger partial charge >= 0.3 is 6.18 Å². The molecule has 1 saturated heterocycles. The number of carbonyl (C=O) groups excluding carboxylic acids is 1. The SMILES string of the molecule is Cc1c(Oc2cc3ncnn3cn2)ccc(Nc2ncnc3cnc(N4CCN[C@H](C)C4)nc23)c1F.O=CC(F)(F)F. The molecule has 1 aliphatic rings. The zero-order chi connectivity index (χ0) is 29.9. The van der Waals surface area contributed by atoms with Crippen molar-refractivity contribution in [3.8, 4) is 11.6 Å². The Morgan fingerprint density at radius 3 is 2.71 bits per heavy atom. The molecule has 2 N–H and O–H groups in total. The molecule has 4 aromatic heterocycles. The summed E-state index contributed by atoms with van der Waals surface area (Å²) in [6.07, 6.45) is 0.259. The van der Waals surface area contributed by atoms with E-state index >= 15 is 4.39 Å². The fraction of sp³-hybridized carbons (Fsp3) is 0.280. The number of nitrogens with one attached hydrogen (secondary N) is 2. The summed E-state index contributed by atoms with van der Waals surface area (Å²) in [5.74, 6) is 1.11. The highest BCUT2D eigenvalue weighted by Gasteiger charge is 2.25. The molecule has 0 spiro atoms. The fourth-order valence-electron chi connectivity index (χ4n) is 4.08. The van der Waals surface area contributed by atoms with Crippen molar-refractivity contribution in [1.82, 2.24) is 44.8 Å². The third-order valence-electron chi connectivity index (χ3n) is 6.10. The summed E-state index contributed by atoms with van der Waals surface area (Å²) in [5.41, 5.74) is 2.19. The Hall–Kier alpha value is -5.06. The van der Waals surface area contributed by atoms with Crippen molar-refractivity contribution in [2.24, 2.45) is 0 Å². The Morgan fingerprint density at radius 2 is 1.95 bits per heavy atom. The Balaban J connectivity index is 0.000000535. The van der Waals surface area contributed by atoms with Crippen LogP contribution in [0.2, 0.25) is 0 Å². The molecule has 1 fully saturated rings. The first-order valence-corrected chi connectivity index (χ1v) is 12.5. The molecule has 17 heteroatoms. The number of fused-ring (bicyclic) bond motifs is 2. The van der Waals surface area contributed by atoms with Gasteiger partial charge in [-0.25, -0.2) is 38.8 Å². The highest BCUT2D eigenvalue weighted by atomic mass is 19.4. The average molecular weight is 586 g/mol. The van der Waals surface area contributed by atoms with Gasteiger partial charge < -0.3 is 20.3 Å². The molecule has 5 heterocycles. The van der Waals surface area contributed by atoms with Crippen molar-refractivity contribution in [2.45, 2.75) is 26.1 Å². The lowest BCUT2D eigenvalue weighted by Gasteiger charge is -2.31. The number of carbonyl (C=O) groups is 1. The van der Waals surface area contributed by atoms with Gasteiger partial charge in [-0.05, 0) is 26.0 Å². The molecule has 0 saturated carbocycles. The number of anilines is 3. The van der Waals surface area contributed by atoms with Gasteiger partial charge in [-0.15, -0.1) is 0 Å². The Bertz CT molecular complexity index is 1730. The maximum atomic E-state index is 15.4. The van der Waals surface area contributed by atoms with Gasteiger partial charge in [0.2, 0.25) is 18.1 Å². The normalized spacial score (nSPS) is 15.3. The zero-order valence-corrected chi connectivity index (χ0v) is 22.2. The number of alkyl halides is 3. The quantitative estimate of drug-likeness (QED) is 0.230. The van der Waals surface area contributed by atoms with Crippen LogP contribution in [0.5, 0.6) is 11.6 Å². The van der Waals surface area contributed by atoms with Crippen LogP contribution in [0.1, 0.15) is 12.5 Å². The highest BCUT2D eigenvalue weighted by molar-refractivity contribution is 5.87. The van der Waals surface area contributed by atoms with Crippen LogP contribution in [0.3, 0.4) is 0 Å². The van der Waals surface area contributed by atoms with E-state index in [9.17, 15) is 13.2 Å². The molecular formula is C25H23F4N11O2. The first kappa shape index (κ1) is 28.5. The Kier molecular flexibility index (Phi) is 8.01. The Labute approximate surface area is 235 Å². The summed E-state index contributed by atoms with van der Waals surface area (Å²) in [4.78, 5) is 36.9. The van der Waals surface area contributed by atoms with Crippen LogP contribution in [0.15, 0.2) is 43.4 Å². The molecule has 1 atom stereocenters. The van der Waals surface area contributed by atoms with E-state index in [-0.39, 0.29) is 11.6 Å². The van der Waals surface area contributed by atoms with Crippen LogP contribution in [-0.2, 0) is 4.79 Å². The second-order valence-corrected chi connectivity index (χ2v) is 9.15. The molecule has 6 rings (SSSR count). The van der Waals surface area contributed by atoms with Gasteiger partial charge in [-0.3, -0.25) is 4.79 Å². The average Bonchev–Trinajstić information content (AvgIpc) is 3.45. The molecule has 1 aliphatic heterocycles. The summed E-state index contributed by atoms with van der Waals surface area (Å²) in [6.45, 7) is 6.18. The number of aldehydes is 1. The Morgan fingerprint density at radius 1 is 1.14 bits per heavy atom. The van der Waals surface area contributed by atoms with E-state index in [1.165, 1.54) is 23.5 Å². The first-order chi connectivity index (χ1) is 20.1. The fourth-order valence-corrected chi connectivity index (χ4v) is 4.08. The zero-order valence-electron chi connectivity index (χ0n) is 22.2. The monoisotopic (exact) mass is 585 g/mol. The molecular weight excluding hydrogens is 562 g/mol. The minimum atomic E-state index is -4.64. The second-order valence-electron chi connectivity index (χ2n) is 9.15. The lowest BCUT2D eigenvalue weighted by molar-refractivity contribution is -0.156. The van der Waals surface area contributed by atoms with E-state index in [4.69, 9.17) is 14.5 Å². The summed E-state index contributed by atoms with van der Waals surface area (Å²) in [6, 6.07) is 5.21. The topological polar surface area (TPSA) is 148 Å². The number of ether oxygens (including phenoxy) is 1. The van der Waals surface area contributed by atoms with Crippen LogP contribution >= 0.6 is 0 Å². The van der Waals surface area contributed by atoms with Gasteiger partial charge in [0.25, 0.3) is 0 Å². The van der Waals surface area contributed by atoms with E-state index in [0.29, 0.717) is 45.8 Å². The van der Waals surface area contributed by atoms with Crippen molar-refractivity contribution >= 4 is 40.4 Å². The van der Waals surface area contributed by atoms with Crippen LogP contribution in [0.25, 0.3) is 16.7 Å². The highest BCUT2D eigenvalue weighted by Crippen LogP contribution is 2.32. The number of hydrogen-bond donors (Lipinski definition) is 2. The van der Waals surface area contributed by atoms with E-state index in [1.54, 1.807) is 31.3 Å². The van der Waals surface area contributed by atoms with Gasteiger partial charge in [0.1, 0.15) is 35.8 Å². The molecule has 13 nitrogen and oxygen atoms in total. The molecule has 0 amide bonds. The van der Waals surface area contributed by atoms with Crippen LogP contribution < -0.4 is 20.3 Å². The molecule has 0 aliphatic carbocycles. The molecule has 0 radical (unpaired) electrons. The summed E-state index contributed by atoms with van der Waals surface area (Å²) in [5, 5.41) is 10.5. The number of halogens is 4. The van der Waals surface area contributed by atoms with Gasteiger partial charge in [0.05, 0.1) is 11.9 Å². The predicted molar refractivity (Wildman–Crippen MR) is 142 cm³/mol. The van der Waals surface area contributed by atoms with Gasteiger partial charge in [-0.2, -0.15) is 18.3 Å². The standard InChI is InChI=1S/C23H22FN11O.C2HF3O/c1-13-9-34(6-5-25-13)23-26-8-16-21(33-23)22(29-10-27-16)32-15-3-4-17(14(2)20(15)24)36-19-7-18-28-11-31-35(18)12-30-19;3-2(4,5)1-6/h3-4,7-8,10-13,25H,5-6,9H2,1-2H3,(H,27,29,32);1H/t13-;/m1./s1. The number of benzene rings is 1. The number of nitrogens with zero attached hydrogens (tertiary/aromatic N) is 9. The molecule has 218 valence electrons. The van der Waals surface area contributed by atoms with Crippen molar-refractivity contribution in [2.75, 3.05) is 29.9 Å². The largest absolute Gasteiger partial charge is 0.446 e. The molecule has 42 heavy (non-hydrogen) atoms. The number of rotatable bonds is 5. The van der Waals surface area contributed by atoms with E-state index in [2.05, 4.69) is 52.5 Å². The second kappa shape index (κ2) is 11.8. The predicted octanol–water partition coefficient (Wildman–Crippen LogP) is 3.39. The molecule has 0 unspecified atom stereocenters. The van der Waals surface area contributed by atoms with Gasteiger partial charge in [0.15, 0.2) is 17.3 Å². The molecule has 0 bridgehead atoms. The summed E-state index contributed by atoms with van der Waals surface area (Å²) < 4.78 is 54.0. The summed E-state index contributed by atoms with van der Waals surface area (Å²) >= 11 is 0. The van der Waals surface area contributed by atoms with Gasteiger partial charge in [0, 0.05) is 37.3 Å². The number of piperazine rings is 1. The maximum absolute atomic E-state index is 15.4. The minimum Gasteiger partial charge on any atom is -0.438 e. The van der Waals surface area contributed by atoms with E-state index in [0.717, 1.165) is 19.6 Å². The van der Waals surface area contributed by atoms with Crippen LogP contribution in [0.4, 0.5) is 35.0 Å². The maximum Gasteiger partial charge on any atom is 0.446 e. The third kappa shape index (κ3) is 6.46. The van der Waals surface area contributed by atoms with Crippen LogP contribution in [-0.4, -0.2) is 77.7 Å². The molecule has 5 aromatic rings. The van der Waals surface area contributed by atoms with Crippen molar-refractivity contribution in [3.63, 3.8) is 0 Å². The van der Waals surface area contributed by atoms with Crippen molar-refractivity contribution in [1.29, 1.82) is 0 Å². The smallest absolute Gasteiger partial charge is 0.438 e. The molecule has 1 aromatic carbocycles. The van der Waals surface area contributed by atoms with E-state index in [1.807, 2.05) is 0 Å². The lowest BCUT2D eigenvalue weighted by atomic mass is 10.2. The summed E-state index contributed by atoms with van der Waals surface area (Å²) in [7, 11) is 0. The number of aromatic nitrogens is 8. The first-order valence-electron chi connectivity index (χ1n) is 12.5. The number of hydrogen-bond acceptors (Lipinski definition) is 12.